The van der Waals surface area contributed by atoms with Crippen LogP contribution in [0.25, 0.3) is 28.0 Å². The van der Waals surface area contributed by atoms with Crippen molar-refractivity contribution in [3.63, 3.8) is 0 Å². The van der Waals surface area contributed by atoms with Crippen LogP contribution >= 0.6 is 0 Å². The highest BCUT2D eigenvalue weighted by molar-refractivity contribution is 7.84. The molecule has 0 saturated heterocycles. The molecule has 0 spiro atoms. The van der Waals surface area contributed by atoms with Gasteiger partial charge in [-0.1, -0.05) is 31.2 Å². The Kier molecular flexibility index (Phi) is 9.19. The summed E-state index contributed by atoms with van der Waals surface area (Å²) < 4.78 is 33.4. The molecule has 4 rings (SSSR count). The van der Waals surface area contributed by atoms with Crippen molar-refractivity contribution in [2.45, 2.75) is 38.0 Å². The number of hydrogen-bond donors (Lipinski definition) is 0. The average molecular weight is 551 g/mol. The first-order valence-corrected chi connectivity index (χ1v) is 14.4. The van der Waals surface area contributed by atoms with Crippen molar-refractivity contribution >= 4 is 33.6 Å². The maximum absolute atomic E-state index is 14.2. The SMILES string of the molecule is CCCN(CCCC(=O)OCC)C(=O)c1ccc2c(S(C)=O)cn(-c3ncc(-c4ccccc4F)cn3)c2c1. The Morgan fingerprint density at radius 1 is 1.08 bits per heavy atom. The lowest BCUT2D eigenvalue weighted by Gasteiger charge is -2.22. The van der Waals surface area contributed by atoms with E-state index in [1.54, 1.807) is 65.2 Å². The van der Waals surface area contributed by atoms with Crippen molar-refractivity contribution in [3.8, 4) is 17.1 Å². The Balaban J connectivity index is 1.67. The minimum atomic E-state index is -1.30. The van der Waals surface area contributed by atoms with Crippen LogP contribution in [0.3, 0.4) is 0 Å². The summed E-state index contributed by atoms with van der Waals surface area (Å²) in [6, 6.07) is 11.6. The fourth-order valence-electron chi connectivity index (χ4n) is 4.42. The van der Waals surface area contributed by atoms with Crippen molar-refractivity contribution in [1.29, 1.82) is 0 Å². The van der Waals surface area contributed by atoms with E-state index in [0.717, 1.165) is 11.8 Å². The summed E-state index contributed by atoms with van der Waals surface area (Å²) in [4.78, 5) is 36.4. The number of benzene rings is 2. The summed E-state index contributed by atoms with van der Waals surface area (Å²) in [6.07, 6.45) is 7.89. The van der Waals surface area contributed by atoms with E-state index in [0.29, 0.717) is 59.2 Å². The smallest absolute Gasteiger partial charge is 0.305 e. The van der Waals surface area contributed by atoms with Crippen LogP contribution in [0.1, 0.15) is 43.5 Å². The number of halogens is 1. The summed E-state index contributed by atoms with van der Waals surface area (Å²) in [5.74, 6) is -0.501. The maximum Gasteiger partial charge on any atom is 0.305 e. The number of esters is 1. The Morgan fingerprint density at radius 2 is 1.82 bits per heavy atom. The summed E-state index contributed by atoms with van der Waals surface area (Å²) >= 11 is 0. The molecule has 0 aliphatic rings. The molecule has 0 radical (unpaired) electrons. The van der Waals surface area contributed by atoms with E-state index in [4.69, 9.17) is 4.74 Å². The number of amides is 1. The first-order valence-electron chi connectivity index (χ1n) is 12.8. The van der Waals surface area contributed by atoms with E-state index in [-0.39, 0.29) is 24.1 Å². The van der Waals surface area contributed by atoms with Crippen LogP contribution < -0.4 is 0 Å². The standard InChI is InChI=1S/C29H31FN4O4S/c1-4-14-33(15-8-11-27(35)38-5-2)28(36)20-12-13-23-25(16-20)34(19-26(23)39(3)37)29-31-17-21(18-32-29)22-9-6-7-10-24(22)30/h6-7,9-10,12-13,16-19H,4-5,8,11,14-15H2,1-3H3. The van der Waals surface area contributed by atoms with Gasteiger partial charge in [0.1, 0.15) is 5.82 Å². The molecule has 1 atom stereocenters. The van der Waals surface area contributed by atoms with Gasteiger partial charge in [0.25, 0.3) is 5.91 Å². The first kappa shape index (κ1) is 28.1. The van der Waals surface area contributed by atoms with Crippen LogP contribution in [-0.2, 0) is 20.3 Å². The highest BCUT2D eigenvalue weighted by Gasteiger charge is 2.20. The van der Waals surface area contributed by atoms with E-state index in [2.05, 4.69) is 9.97 Å². The second kappa shape index (κ2) is 12.8. The second-order valence-electron chi connectivity index (χ2n) is 9.00. The highest BCUT2D eigenvalue weighted by atomic mass is 32.2. The largest absolute Gasteiger partial charge is 0.466 e. The van der Waals surface area contributed by atoms with Gasteiger partial charge in [-0.3, -0.25) is 18.4 Å². The Bertz CT molecular complexity index is 1500. The molecule has 0 aliphatic heterocycles. The Hall–Kier alpha value is -3.92. The molecule has 2 heterocycles. The van der Waals surface area contributed by atoms with Gasteiger partial charge in [-0.25, -0.2) is 14.4 Å². The van der Waals surface area contributed by atoms with Crippen LogP contribution in [0, 0.1) is 5.82 Å². The number of aromatic nitrogens is 3. The van der Waals surface area contributed by atoms with E-state index < -0.39 is 10.8 Å². The average Bonchev–Trinajstić information content (AvgIpc) is 3.32. The maximum atomic E-state index is 14.2. The van der Waals surface area contributed by atoms with Gasteiger partial charge in [-0.2, -0.15) is 0 Å². The van der Waals surface area contributed by atoms with E-state index in [1.165, 1.54) is 18.5 Å². The van der Waals surface area contributed by atoms with Crippen LogP contribution in [0.5, 0.6) is 0 Å². The molecule has 10 heteroatoms. The third kappa shape index (κ3) is 6.39. The number of rotatable bonds is 11. The minimum Gasteiger partial charge on any atom is -0.466 e. The van der Waals surface area contributed by atoms with Gasteiger partial charge in [0.05, 0.1) is 27.8 Å². The molecule has 1 amide bonds. The number of carbonyl (C=O) groups excluding carboxylic acids is 2. The van der Waals surface area contributed by atoms with Crippen molar-refractivity contribution in [2.24, 2.45) is 0 Å². The molecule has 4 aromatic rings. The normalized spacial score (nSPS) is 11.9. The van der Waals surface area contributed by atoms with Gasteiger partial charge >= 0.3 is 5.97 Å². The molecule has 0 N–H and O–H groups in total. The second-order valence-corrected chi connectivity index (χ2v) is 10.3. The van der Waals surface area contributed by atoms with Crippen LogP contribution in [0.4, 0.5) is 4.39 Å². The number of fused-ring (bicyclic) bond motifs is 1. The summed E-state index contributed by atoms with van der Waals surface area (Å²) in [6.45, 7) is 5.06. The quantitative estimate of drug-likeness (QED) is 0.240. The monoisotopic (exact) mass is 550 g/mol. The van der Waals surface area contributed by atoms with Gasteiger partial charge in [0.15, 0.2) is 0 Å². The Morgan fingerprint density at radius 3 is 2.49 bits per heavy atom. The van der Waals surface area contributed by atoms with E-state index in [1.807, 2.05) is 6.92 Å². The molecule has 1 unspecified atom stereocenters. The molecule has 2 aromatic carbocycles. The summed E-state index contributed by atoms with van der Waals surface area (Å²) in [5.41, 5.74) is 2.01. The molecule has 8 nitrogen and oxygen atoms in total. The molecule has 204 valence electrons. The van der Waals surface area contributed by atoms with Gasteiger partial charge < -0.3 is 9.64 Å². The van der Waals surface area contributed by atoms with E-state index >= 15 is 0 Å². The molecule has 0 aliphatic carbocycles. The lowest BCUT2D eigenvalue weighted by molar-refractivity contribution is -0.143. The molecule has 0 saturated carbocycles. The van der Waals surface area contributed by atoms with Gasteiger partial charge in [-0.05, 0) is 38.0 Å². The van der Waals surface area contributed by atoms with Gasteiger partial charge in [0, 0.05) is 66.4 Å². The van der Waals surface area contributed by atoms with Crippen LogP contribution in [0.2, 0.25) is 0 Å². The predicted molar refractivity (Wildman–Crippen MR) is 149 cm³/mol. The Labute approximate surface area is 229 Å². The lowest BCUT2D eigenvalue weighted by Crippen LogP contribution is -2.33. The summed E-state index contributed by atoms with van der Waals surface area (Å²) in [5, 5.41) is 0.721. The van der Waals surface area contributed by atoms with E-state index in [9.17, 15) is 18.2 Å². The third-order valence-electron chi connectivity index (χ3n) is 6.26. The third-order valence-corrected chi connectivity index (χ3v) is 7.20. The molecular weight excluding hydrogens is 519 g/mol. The zero-order valence-corrected chi connectivity index (χ0v) is 23.0. The van der Waals surface area contributed by atoms with Crippen molar-refractivity contribution in [3.05, 3.63) is 72.4 Å². The fourth-order valence-corrected chi connectivity index (χ4v) is 5.15. The number of nitrogens with zero attached hydrogens (tertiary/aromatic N) is 4. The van der Waals surface area contributed by atoms with Crippen LogP contribution in [0.15, 0.2) is 66.0 Å². The number of ether oxygens (including phenoxy) is 1. The number of hydrogen-bond acceptors (Lipinski definition) is 6. The lowest BCUT2D eigenvalue weighted by atomic mass is 10.1. The molecule has 0 bridgehead atoms. The van der Waals surface area contributed by atoms with Crippen molar-refractivity contribution in [1.82, 2.24) is 19.4 Å². The first-order chi connectivity index (χ1) is 18.8. The highest BCUT2D eigenvalue weighted by Crippen LogP contribution is 2.28. The predicted octanol–water partition coefficient (Wildman–Crippen LogP) is 5.16. The van der Waals surface area contributed by atoms with Gasteiger partial charge in [0.2, 0.25) is 5.95 Å². The molecule has 39 heavy (non-hydrogen) atoms. The zero-order chi connectivity index (χ0) is 27.9. The van der Waals surface area contributed by atoms with Gasteiger partial charge in [-0.15, -0.1) is 0 Å². The fraction of sp³-hybridized carbons (Fsp3) is 0.310. The number of carbonyl (C=O) groups is 2. The zero-order valence-electron chi connectivity index (χ0n) is 22.2. The molecular formula is C29H31FN4O4S. The molecule has 0 fully saturated rings. The van der Waals surface area contributed by atoms with Crippen molar-refractivity contribution < 1.29 is 22.9 Å². The molecule has 2 aromatic heterocycles. The van der Waals surface area contributed by atoms with Crippen molar-refractivity contribution in [2.75, 3.05) is 26.0 Å². The summed E-state index contributed by atoms with van der Waals surface area (Å²) in [7, 11) is -1.30. The van der Waals surface area contributed by atoms with Crippen LogP contribution in [-0.4, -0.2) is 61.5 Å². The topological polar surface area (TPSA) is 94.4 Å². The minimum absolute atomic E-state index is 0.162.